The van der Waals surface area contributed by atoms with E-state index in [0.717, 1.165) is 19.3 Å². The summed E-state index contributed by atoms with van der Waals surface area (Å²) in [4.78, 5) is 37.0. The number of ketones is 1. The summed E-state index contributed by atoms with van der Waals surface area (Å²) in [7, 11) is 0. The summed E-state index contributed by atoms with van der Waals surface area (Å²) in [6.07, 6.45) is 5.91. The number of benzene rings is 1. The van der Waals surface area contributed by atoms with Crippen molar-refractivity contribution in [3.8, 4) is 0 Å². The first-order chi connectivity index (χ1) is 14.7. The average molecular weight is 442 g/mol. The second-order valence-electron chi connectivity index (χ2n) is 9.62. The van der Waals surface area contributed by atoms with Crippen molar-refractivity contribution < 1.29 is 14.7 Å². The number of hydrogen-bond acceptors (Lipinski definition) is 5. The number of nitrogens with zero attached hydrogens (tertiary/aromatic N) is 2. The van der Waals surface area contributed by atoms with Crippen LogP contribution >= 0.6 is 11.6 Å². The van der Waals surface area contributed by atoms with Crippen LogP contribution in [0.1, 0.15) is 55.8 Å². The number of halogens is 1. The number of nitrogens with one attached hydrogen (secondary N) is 1. The predicted octanol–water partition coefficient (Wildman–Crippen LogP) is 4.22. The molecule has 0 spiro atoms. The lowest BCUT2D eigenvalue weighted by Crippen LogP contribution is -2.61. The quantitative estimate of drug-likeness (QED) is 0.673. The second-order valence-corrected chi connectivity index (χ2v) is 10.00. The van der Waals surface area contributed by atoms with Gasteiger partial charge in [-0.15, -0.1) is 0 Å². The minimum atomic E-state index is -0.762. The van der Waals surface area contributed by atoms with Gasteiger partial charge in [0.1, 0.15) is 5.02 Å². The van der Waals surface area contributed by atoms with E-state index >= 15 is 0 Å². The molecule has 4 aliphatic carbocycles. The molecule has 4 fully saturated rings. The van der Waals surface area contributed by atoms with Gasteiger partial charge in [0.25, 0.3) is 5.56 Å². The maximum absolute atomic E-state index is 13.3. The normalized spacial score (nSPS) is 30.9. The molecule has 162 valence electrons. The lowest BCUT2D eigenvalue weighted by molar-refractivity contribution is -0.173. The van der Waals surface area contributed by atoms with Crippen LogP contribution in [0.2, 0.25) is 5.02 Å². The molecule has 0 radical (unpaired) electrons. The Balaban J connectivity index is 1.50. The Bertz CT molecular complexity index is 1140. The molecule has 1 aromatic heterocycles. The molecule has 0 aliphatic heterocycles. The third kappa shape index (κ3) is 3.17. The first-order valence-corrected chi connectivity index (χ1v) is 11.0. The van der Waals surface area contributed by atoms with Gasteiger partial charge in [0.05, 0.1) is 22.8 Å². The zero-order valence-electron chi connectivity index (χ0n) is 17.2. The highest BCUT2D eigenvalue weighted by Crippen LogP contribution is 2.63. The van der Waals surface area contributed by atoms with E-state index in [1.54, 1.807) is 24.3 Å². The lowest BCUT2D eigenvalue weighted by atomic mass is 9.47. The molecular formula is C23H24ClN3O4. The molecule has 2 atom stereocenters. The summed E-state index contributed by atoms with van der Waals surface area (Å²) < 4.78 is 1.46. The highest BCUT2D eigenvalue weighted by molar-refractivity contribution is 6.33. The van der Waals surface area contributed by atoms with Crippen molar-refractivity contribution in [3.05, 3.63) is 51.4 Å². The molecule has 1 aromatic carbocycles. The Kier molecular flexibility index (Phi) is 4.52. The van der Waals surface area contributed by atoms with Crippen LogP contribution in [0.3, 0.4) is 0 Å². The van der Waals surface area contributed by atoms with Gasteiger partial charge >= 0.3 is 5.97 Å². The van der Waals surface area contributed by atoms with Crippen molar-refractivity contribution in [3.63, 3.8) is 0 Å². The van der Waals surface area contributed by atoms with Crippen LogP contribution in [-0.2, 0) is 10.3 Å². The van der Waals surface area contributed by atoms with Crippen LogP contribution in [0.4, 0.5) is 11.4 Å². The van der Waals surface area contributed by atoms with E-state index in [4.69, 9.17) is 11.6 Å². The summed E-state index contributed by atoms with van der Waals surface area (Å²) >= 11 is 6.47. The van der Waals surface area contributed by atoms with Crippen LogP contribution in [0.5, 0.6) is 0 Å². The average Bonchev–Trinajstić information content (AvgIpc) is 2.70. The van der Waals surface area contributed by atoms with Gasteiger partial charge in [-0.25, -0.2) is 4.68 Å². The molecule has 0 amide bonds. The molecule has 0 saturated heterocycles. The summed E-state index contributed by atoms with van der Waals surface area (Å²) in [6.45, 7) is 1.49. The van der Waals surface area contributed by atoms with E-state index in [1.165, 1.54) is 17.8 Å². The van der Waals surface area contributed by atoms with E-state index in [-0.39, 0.29) is 10.8 Å². The Labute approximate surface area is 184 Å². The smallest absolute Gasteiger partial charge is 0.309 e. The highest BCUT2D eigenvalue weighted by atomic mass is 35.5. The van der Waals surface area contributed by atoms with Crippen molar-refractivity contribution in [2.45, 2.75) is 51.0 Å². The van der Waals surface area contributed by atoms with Crippen molar-refractivity contribution in [1.29, 1.82) is 0 Å². The highest BCUT2D eigenvalue weighted by Gasteiger charge is 2.62. The third-order valence-electron chi connectivity index (χ3n) is 7.40. The van der Waals surface area contributed by atoms with E-state index in [1.807, 2.05) is 0 Å². The number of carboxylic acid groups (broad SMARTS) is 1. The van der Waals surface area contributed by atoms with Gasteiger partial charge in [0.15, 0.2) is 5.78 Å². The summed E-state index contributed by atoms with van der Waals surface area (Å²) in [5.74, 6) is -0.208. The minimum Gasteiger partial charge on any atom is -0.481 e. The Morgan fingerprint density at radius 2 is 1.94 bits per heavy atom. The van der Waals surface area contributed by atoms with Crippen LogP contribution in [0.25, 0.3) is 0 Å². The van der Waals surface area contributed by atoms with Gasteiger partial charge in [0.2, 0.25) is 0 Å². The summed E-state index contributed by atoms with van der Waals surface area (Å²) in [5, 5.41) is 17.5. The zero-order chi connectivity index (χ0) is 22.0. The fraction of sp³-hybridized carbons (Fsp3) is 0.478. The number of aliphatic carboxylic acids is 1. The van der Waals surface area contributed by atoms with Gasteiger partial charge in [-0.05, 0) is 69.4 Å². The van der Waals surface area contributed by atoms with E-state index in [0.29, 0.717) is 48.0 Å². The number of Topliss-reactive ketones (excluding diaryl/α,β-unsaturated/α-hetero) is 1. The molecule has 1 heterocycles. The molecule has 31 heavy (non-hydrogen) atoms. The molecule has 2 unspecified atom stereocenters. The molecule has 4 bridgehead atoms. The third-order valence-corrected chi connectivity index (χ3v) is 7.77. The van der Waals surface area contributed by atoms with Gasteiger partial charge in [-0.1, -0.05) is 23.7 Å². The number of rotatable bonds is 5. The standard InChI is InChI=1S/C23H24ClN3O4/c1-13(28)16-3-2-4-17(6-16)26-18-11-25-27(20(29)19(18)24)23-9-14-5-15(10-23)8-22(7-14,12-23)21(30)31/h2-4,6,11,14-15,26H,5,7-10,12H2,1H3,(H,30,31). The molecule has 6 rings (SSSR count). The molecule has 8 heteroatoms. The Morgan fingerprint density at radius 3 is 2.58 bits per heavy atom. The number of hydrogen-bond donors (Lipinski definition) is 2. The first-order valence-electron chi connectivity index (χ1n) is 10.6. The van der Waals surface area contributed by atoms with Crippen molar-refractivity contribution in [1.82, 2.24) is 9.78 Å². The first kappa shape index (κ1) is 20.2. The van der Waals surface area contributed by atoms with Crippen LogP contribution in [-0.4, -0.2) is 26.6 Å². The van der Waals surface area contributed by atoms with Crippen LogP contribution in [0, 0.1) is 17.3 Å². The monoisotopic (exact) mass is 441 g/mol. The van der Waals surface area contributed by atoms with Crippen LogP contribution in [0.15, 0.2) is 35.3 Å². The number of carbonyl (C=O) groups is 2. The van der Waals surface area contributed by atoms with Gasteiger partial charge in [-0.2, -0.15) is 5.10 Å². The van der Waals surface area contributed by atoms with E-state index in [9.17, 15) is 19.5 Å². The van der Waals surface area contributed by atoms with Crippen molar-refractivity contribution >= 4 is 34.7 Å². The molecular weight excluding hydrogens is 418 g/mol. The predicted molar refractivity (Wildman–Crippen MR) is 116 cm³/mol. The van der Waals surface area contributed by atoms with Crippen molar-refractivity contribution in [2.24, 2.45) is 17.3 Å². The number of carbonyl (C=O) groups excluding carboxylic acids is 1. The number of carboxylic acids is 1. The number of anilines is 2. The van der Waals surface area contributed by atoms with Gasteiger partial charge in [-0.3, -0.25) is 14.4 Å². The van der Waals surface area contributed by atoms with Crippen molar-refractivity contribution in [2.75, 3.05) is 5.32 Å². The van der Waals surface area contributed by atoms with Crippen LogP contribution < -0.4 is 10.9 Å². The van der Waals surface area contributed by atoms with Gasteiger partial charge < -0.3 is 10.4 Å². The molecule has 2 aromatic rings. The fourth-order valence-corrected chi connectivity index (χ4v) is 6.72. The topological polar surface area (TPSA) is 101 Å². The zero-order valence-corrected chi connectivity index (χ0v) is 18.0. The Hall–Kier alpha value is -2.67. The molecule has 4 aliphatic rings. The summed E-state index contributed by atoms with van der Waals surface area (Å²) in [6, 6.07) is 6.95. The number of aromatic nitrogens is 2. The lowest BCUT2D eigenvalue weighted by Gasteiger charge is -2.60. The van der Waals surface area contributed by atoms with E-state index in [2.05, 4.69) is 10.4 Å². The molecule has 2 N–H and O–H groups in total. The second kappa shape index (κ2) is 6.92. The largest absolute Gasteiger partial charge is 0.481 e. The van der Waals surface area contributed by atoms with Gasteiger partial charge in [0, 0.05) is 11.3 Å². The summed E-state index contributed by atoms with van der Waals surface area (Å²) in [5.41, 5.74) is -0.209. The fourth-order valence-electron chi connectivity index (χ4n) is 6.54. The SMILES string of the molecule is CC(=O)c1cccc(Nc2cnn(C34CC5CC(CC(C(=O)O)(C5)C3)C4)c(=O)c2Cl)c1. The Morgan fingerprint density at radius 1 is 1.23 bits per heavy atom. The maximum Gasteiger partial charge on any atom is 0.309 e. The minimum absolute atomic E-state index is 0.0170. The molecule has 4 saturated carbocycles. The van der Waals surface area contributed by atoms with E-state index < -0.39 is 22.5 Å². The maximum atomic E-state index is 13.3. The molecule has 7 nitrogen and oxygen atoms in total.